The lowest BCUT2D eigenvalue weighted by Crippen LogP contribution is -2.12. The summed E-state index contributed by atoms with van der Waals surface area (Å²) in [6, 6.07) is 9.86. The first-order valence-corrected chi connectivity index (χ1v) is 8.99. The minimum absolute atomic E-state index is 0.217. The Bertz CT molecular complexity index is 1120. The summed E-state index contributed by atoms with van der Waals surface area (Å²) in [5.41, 5.74) is 2.97. The lowest BCUT2D eigenvalue weighted by molar-refractivity contribution is 0.102. The van der Waals surface area contributed by atoms with E-state index >= 15 is 0 Å². The number of fused-ring (bicyclic) bond motifs is 1. The molecule has 1 amide bonds. The van der Waals surface area contributed by atoms with Crippen LogP contribution >= 0.6 is 0 Å². The molecule has 1 fully saturated rings. The fourth-order valence-corrected chi connectivity index (χ4v) is 3.26. The summed E-state index contributed by atoms with van der Waals surface area (Å²) in [5.74, 6) is 1.03. The molecule has 0 unspecified atom stereocenters. The Morgan fingerprint density at radius 3 is 2.89 bits per heavy atom. The van der Waals surface area contributed by atoms with Crippen molar-refractivity contribution >= 4 is 22.8 Å². The maximum absolute atomic E-state index is 12.7. The topological polar surface area (TPSA) is 93.4 Å². The van der Waals surface area contributed by atoms with Crippen molar-refractivity contribution in [1.82, 2.24) is 29.8 Å². The maximum Gasteiger partial charge on any atom is 0.260 e. The number of hydrogen-bond acceptors (Lipinski definition) is 4. The van der Waals surface area contributed by atoms with Gasteiger partial charge in [-0.2, -0.15) is 15.3 Å². The van der Waals surface area contributed by atoms with Gasteiger partial charge in [0.25, 0.3) is 5.91 Å². The number of carbonyl (C=O) groups excluding carboxylic acids is 1. The monoisotopic (exact) mass is 361 g/mol. The predicted octanol–water partition coefficient (Wildman–Crippen LogP) is 2.82. The molecule has 0 spiro atoms. The predicted molar refractivity (Wildman–Crippen MR) is 101 cm³/mol. The van der Waals surface area contributed by atoms with Crippen molar-refractivity contribution in [1.29, 1.82) is 0 Å². The molecule has 1 aromatic carbocycles. The van der Waals surface area contributed by atoms with Crippen molar-refractivity contribution in [2.45, 2.75) is 19.4 Å². The Kier molecular flexibility index (Phi) is 3.56. The van der Waals surface area contributed by atoms with Gasteiger partial charge in [-0.15, -0.1) is 0 Å². The van der Waals surface area contributed by atoms with Gasteiger partial charge in [0.1, 0.15) is 11.5 Å². The summed E-state index contributed by atoms with van der Waals surface area (Å²) in [6.45, 7) is 0.877. The average molecular weight is 361 g/mol. The Labute approximate surface area is 155 Å². The number of aromatic nitrogens is 6. The van der Waals surface area contributed by atoms with Crippen LogP contribution in [0.25, 0.3) is 22.3 Å². The second kappa shape index (κ2) is 6.08. The average Bonchev–Trinajstić information content (AvgIpc) is 3.07. The van der Waals surface area contributed by atoms with Gasteiger partial charge >= 0.3 is 0 Å². The molecular weight excluding hydrogens is 342 g/mol. The molecule has 3 heterocycles. The van der Waals surface area contributed by atoms with Crippen LogP contribution in [0.1, 0.15) is 23.2 Å². The first kappa shape index (κ1) is 15.8. The normalized spacial score (nSPS) is 14.0. The van der Waals surface area contributed by atoms with Crippen molar-refractivity contribution in [2.24, 2.45) is 13.0 Å². The molecule has 0 bridgehead atoms. The minimum Gasteiger partial charge on any atom is -0.306 e. The number of aromatic amines is 1. The molecule has 4 aromatic rings. The van der Waals surface area contributed by atoms with Gasteiger partial charge < -0.3 is 5.32 Å². The van der Waals surface area contributed by atoms with E-state index < -0.39 is 0 Å². The highest BCUT2D eigenvalue weighted by atomic mass is 16.1. The molecule has 0 saturated heterocycles. The zero-order valence-electron chi connectivity index (χ0n) is 14.9. The van der Waals surface area contributed by atoms with Crippen molar-refractivity contribution in [3.8, 4) is 11.3 Å². The van der Waals surface area contributed by atoms with Crippen LogP contribution in [0, 0.1) is 5.92 Å². The van der Waals surface area contributed by atoms with Crippen LogP contribution in [-0.4, -0.2) is 35.7 Å². The van der Waals surface area contributed by atoms with E-state index in [4.69, 9.17) is 0 Å². The van der Waals surface area contributed by atoms with Crippen LogP contribution in [0.3, 0.4) is 0 Å². The molecule has 0 aliphatic heterocycles. The second-order valence-corrected chi connectivity index (χ2v) is 6.98. The molecule has 2 N–H and O–H groups in total. The Balaban J connectivity index is 1.46. The highest BCUT2D eigenvalue weighted by Gasteiger charge is 2.23. The van der Waals surface area contributed by atoms with Gasteiger partial charge in [-0.25, -0.2) is 4.68 Å². The smallest absolute Gasteiger partial charge is 0.260 e. The van der Waals surface area contributed by atoms with E-state index in [9.17, 15) is 4.79 Å². The number of H-pyrrole nitrogens is 1. The van der Waals surface area contributed by atoms with Gasteiger partial charge in [0.05, 0.1) is 17.1 Å². The fourth-order valence-electron chi connectivity index (χ4n) is 3.26. The number of rotatable bonds is 5. The van der Waals surface area contributed by atoms with E-state index in [1.54, 1.807) is 17.1 Å². The van der Waals surface area contributed by atoms with E-state index in [2.05, 4.69) is 25.7 Å². The maximum atomic E-state index is 12.7. The number of aryl methyl sites for hydroxylation is 1. The third-order valence-corrected chi connectivity index (χ3v) is 4.86. The van der Waals surface area contributed by atoms with Gasteiger partial charge in [0.15, 0.2) is 5.65 Å². The number of carbonyl (C=O) groups is 1. The summed E-state index contributed by atoms with van der Waals surface area (Å²) >= 11 is 0. The number of anilines is 1. The molecule has 3 aromatic heterocycles. The van der Waals surface area contributed by atoms with E-state index in [1.165, 1.54) is 12.8 Å². The highest BCUT2D eigenvalue weighted by molar-refractivity contribution is 6.10. The molecule has 27 heavy (non-hydrogen) atoms. The summed E-state index contributed by atoms with van der Waals surface area (Å²) in [5, 5.41) is 19.8. The van der Waals surface area contributed by atoms with Crippen molar-refractivity contribution in [2.75, 3.05) is 5.32 Å². The zero-order valence-corrected chi connectivity index (χ0v) is 14.9. The van der Waals surface area contributed by atoms with Crippen molar-refractivity contribution in [3.63, 3.8) is 0 Å². The minimum atomic E-state index is -0.217. The fraction of sp³-hybridized carbons (Fsp3) is 0.263. The lowest BCUT2D eigenvalue weighted by Gasteiger charge is -2.02. The molecular formula is C19H19N7O. The number of hydrogen-bond donors (Lipinski definition) is 2. The van der Waals surface area contributed by atoms with Crippen LogP contribution in [0.15, 0.2) is 42.7 Å². The number of amides is 1. The lowest BCUT2D eigenvalue weighted by atomic mass is 10.1. The molecule has 136 valence electrons. The van der Waals surface area contributed by atoms with Crippen LogP contribution in [0.4, 0.5) is 5.82 Å². The van der Waals surface area contributed by atoms with E-state index in [1.807, 2.05) is 42.1 Å². The van der Waals surface area contributed by atoms with E-state index in [0.29, 0.717) is 22.9 Å². The molecule has 8 nitrogen and oxygen atoms in total. The third-order valence-electron chi connectivity index (χ3n) is 4.86. The quantitative estimate of drug-likeness (QED) is 0.572. The molecule has 1 aliphatic rings. The molecule has 5 rings (SSSR count). The standard InChI is InChI=1S/C19H19N7O/c1-25-18-15(16(24-25)13-5-3-2-4-6-13)17(22-23-18)21-19(27)14-9-20-26(11-14)10-12-7-8-12/h2-6,9,11-12H,7-8,10H2,1H3,(H2,21,22,23,27). The third kappa shape index (κ3) is 2.88. The molecule has 0 atom stereocenters. The zero-order chi connectivity index (χ0) is 18.4. The summed E-state index contributed by atoms with van der Waals surface area (Å²) in [6.07, 6.45) is 5.89. The van der Waals surface area contributed by atoms with Crippen LogP contribution < -0.4 is 5.32 Å². The van der Waals surface area contributed by atoms with Gasteiger partial charge in [0, 0.05) is 25.4 Å². The Hall–Kier alpha value is -3.42. The largest absolute Gasteiger partial charge is 0.306 e. The van der Waals surface area contributed by atoms with Crippen molar-refractivity contribution in [3.05, 3.63) is 48.3 Å². The first-order valence-electron chi connectivity index (χ1n) is 8.99. The number of benzene rings is 1. The Morgan fingerprint density at radius 2 is 2.11 bits per heavy atom. The molecule has 1 aliphatic carbocycles. The highest BCUT2D eigenvalue weighted by Crippen LogP contribution is 2.32. The number of nitrogens with zero attached hydrogens (tertiary/aromatic N) is 5. The van der Waals surface area contributed by atoms with Crippen LogP contribution in [0.2, 0.25) is 0 Å². The SMILES string of the molecule is Cn1nc(-c2ccccc2)c2c(NC(=O)c3cnn(CC4CC4)c3)[nH]nc21. The summed E-state index contributed by atoms with van der Waals surface area (Å²) in [7, 11) is 1.84. The second-order valence-electron chi connectivity index (χ2n) is 6.98. The summed E-state index contributed by atoms with van der Waals surface area (Å²) in [4.78, 5) is 12.7. The van der Waals surface area contributed by atoms with Gasteiger partial charge in [0.2, 0.25) is 0 Å². The van der Waals surface area contributed by atoms with Crippen molar-refractivity contribution < 1.29 is 4.79 Å². The van der Waals surface area contributed by atoms with Crippen LogP contribution in [-0.2, 0) is 13.6 Å². The van der Waals surface area contributed by atoms with Gasteiger partial charge in [-0.1, -0.05) is 30.3 Å². The van der Waals surface area contributed by atoms with Gasteiger partial charge in [-0.3, -0.25) is 14.6 Å². The van der Waals surface area contributed by atoms with E-state index in [-0.39, 0.29) is 5.91 Å². The van der Waals surface area contributed by atoms with E-state index in [0.717, 1.165) is 23.2 Å². The molecule has 0 radical (unpaired) electrons. The first-order chi connectivity index (χ1) is 13.2. The molecule has 8 heteroatoms. The van der Waals surface area contributed by atoms with Gasteiger partial charge in [-0.05, 0) is 18.8 Å². The summed E-state index contributed by atoms with van der Waals surface area (Å²) < 4.78 is 3.55. The molecule has 1 saturated carbocycles. The van der Waals surface area contributed by atoms with Crippen LogP contribution in [0.5, 0.6) is 0 Å². The Morgan fingerprint density at radius 1 is 1.30 bits per heavy atom. The number of nitrogens with one attached hydrogen (secondary N) is 2.